The minimum Gasteiger partial charge on any atom is -0.435 e. The van der Waals surface area contributed by atoms with Gasteiger partial charge in [0.15, 0.2) is 6.29 Å². The maximum atomic E-state index is 14.7. The van der Waals surface area contributed by atoms with Crippen LogP contribution in [0, 0.1) is 11.6 Å². The Morgan fingerprint density at radius 1 is 1.19 bits per heavy atom. The Kier molecular flexibility index (Phi) is 8.85. The molecule has 0 spiro atoms. The van der Waals surface area contributed by atoms with E-state index < -0.39 is 35.4 Å². The van der Waals surface area contributed by atoms with Crippen LogP contribution in [0.15, 0.2) is 61.2 Å². The molecule has 2 atom stereocenters. The van der Waals surface area contributed by atoms with Crippen LogP contribution >= 0.6 is 11.8 Å². The first-order valence-corrected chi connectivity index (χ1v) is 12.3. The van der Waals surface area contributed by atoms with Gasteiger partial charge in [-0.25, -0.2) is 18.4 Å². The fourth-order valence-electron chi connectivity index (χ4n) is 3.88. The van der Waals surface area contributed by atoms with Gasteiger partial charge in [0.25, 0.3) is 0 Å². The van der Waals surface area contributed by atoms with Crippen molar-refractivity contribution in [3.05, 3.63) is 84.0 Å². The number of thioether (sulfide) groups is 1. The van der Waals surface area contributed by atoms with Gasteiger partial charge >= 0.3 is 6.61 Å². The van der Waals surface area contributed by atoms with Gasteiger partial charge in [0.1, 0.15) is 35.6 Å². The lowest BCUT2D eigenvalue weighted by Gasteiger charge is -2.37. The maximum Gasteiger partial charge on any atom is 0.387 e. The van der Waals surface area contributed by atoms with Crippen molar-refractivity contribution < 1.29 is 36.9 Å². The molecule has 1 N–H and O–H groups in total. The van der Waals surface area contributed by atoms with E-state index in [9.17, 15) is 22.7 Å². The van der Waals surface area contributed by atoms with E-state index in [2.05, 4.69) is 14.8 Å². The van der Waals surface area contributed by atoms with Gasteiger partial charge < -0.3 is 19.3 Å². The van der Waals surface area contributed by atoms with E-state index in [1.807, 2.05) is 0 Å². The third kappa shape index (κ3) is 7.10. The maximum absolute atomic E-state index is 14.7. The Labute approximate surface area is 215 Å². The molecule has 0 unspecified atom stereocenters. The molecule has 7 nitrogen and oxygen atoms in total. The summed E-state index contributed by atoms with van der Waals surface area (Å²) in [5, 5.41) is 14.9. The molecule has 12 heteroatoms. The number of alkyl halides is 2. The second-order valence-electron chi connectivity index (χ2n) is 8.38. The standard InChI is InChI=1S/C25H25F4N3O4S/c1-16(25(33,13-32-15-30-14-31-32)21-8-5-18(26)10-22(21)27)37-20-11-34-23(35-12-20)9-4-17-2-6-19(7-3-17)36-24(28)29/h2-10,14-16,20,23-24,33H,11-13H2,1H3/b9-4+/t16-,20?,23?,25-/m1/s1. The molecule has 3 aromatic rings. The summed E-state index contributed by atoms with van der Waals surface area (Å²) < 4.78 is 70.0. The highest BCUT2D eigenvalue weighted by molar-refractivity contribution is 8.00. The van der Waals surface area contributed by atoms with Crippen molar-refractivity contribution in [1.29, 1.82) is 0 Å². The Morgan fingerprint density at radius 3 is 2.54 bits per heavy atom. The number of nitrogens with zero attached hydrogens (tertiary/aromatic N) is 3. The third-order valence-corrected chi connectivity index (χ3v) is 7.24. The Morgan fingerprint density at radius 2 is 1.92 bits per heavy atom. The number of benzene rings is 2. The fraction of sp³-hybridized carbons (Fsp3) is 0.360. The number of aliphatic hydroxyl groups is 1. The topological polar surface area (TPSA) is 78.6 Å². The van der Waals surface area contributed by atoms with Crippen LogP contribution in [0.4, 0.5) is 17.6 Å². The van der Waals surface area contributed by atoms with Crippen LogP contribution in [0.3, 0.4) is 0 Å². The molecule has 0 saturated carbocycles. The number of hydrogen-bond acceptors (Lipinski definition) is 7. The molecule has 198 valence electrons. The van der Waals surface area contributed by atoms with Gasteiger partial charge in [-0.2, -0.15) is 13.9 Å². The van der Waals surface area contributed by atoms with Gasteiger partial charge in [0.2, 0.25) is 0 Å². The summed E-state index contributed by atoms with van der Waals surface area (Å²) in [6, 6.07) is 9.20. The average Bonchev–Trinajstić information content (AvgIpc) is 3.37. The zero-order chi connectivity index (χ0) is 26.4. The molecule has 0 bridgehead atoms. The molecular formula is C25H25F4N3O4S. The molecule has 2 aromatic carbocycles. The molecule has 4 rings (SSSR count). The molecule has 1 aromatic heterocycles. The van der Waals surface area contributed by atoms with Gasteiger partial charge in [0.05, 0.1) is 25.0 Å². The minimum absolute atomic E-state index is 0.0483. The lowest BCUT2D eigenvalue weighted by atomic mass is 9.90. The molecule has 0 radical (unpaired) electrons. The van der Waals surface area contributed by atoms with Crippen molar-refractivity contribution in [2.24, 2.45) is 0 Å². The third-order valence-electron chi connectivity index (χ3n) is 5.78. The summed E-state index contributed by atoms with van der Waals surface area (Å²) >= 11 is 1.36. The Balaban J connectivity index is 1.37. The molecule has 1 aliphatic rings. The second-order valence-corrected chi connectivity index (χ2v) is 10.0. The lowest BCUT2D eigenvalue weighted by Crippen LogP contribution is -2.43. The molecular weight excluding hydrogens is 514 g/mol. The average molecular weight is 540 g/mol. The minimum atomic E-state index is -2.88. The monoisotopic (exact) mass is 539 g/mol. The lowest BCUT2D eigenvalue weighted by molar-refractivity contribution is -0.146. The van der Waals surface area contributed by atoms with Crippen molar-refractivity contribution in [1.82, 2.24) is 14.8 Å². The van der Waals surface area contributed by atoms with Gasteiger partial charge in [0, 0.05) is 16.9 Å². The van der Waals surface area contributed by atoms with E-state index in [1.165, 1.54) is 47.3 Å². The van der Waals surface area contributed by atoms with Crippen molar-refractivity contribution >= 4 is 17.8 Å². The number of ether oxygens (including phenoxy) is 3. The first-order chi connectivity index (χ1) is 17.7. The summed E-state index contributed by atoms with van der Waals surface area (Å²) in [4.78, 5) is 3.87. The largest absolute Gasteiger partial charge is 0.435 e. The van der Waals surface area contributed by atoms with Gasteiger partial charge in [-0.15, -0.1) is 11.8 Å². The van der Waals surface area contributed by atoms with Crippen molar-refractivity contribution in [2.45, 2.75) is 42.5 Å². The molecule has 1 saturated heterocycles. The SMILES string of the molecule is C[C@@H](SC1COC(/C=C/c2ccc(OC(F)F)cc2)OC1)[C@](O)(Cn1cncn1)c1ccc(F)cc1F. The van der Waals surface area contributed by atoms with E-state index in [0.717, 1.165) is 17.7 Å². The zero-order valence-electron chi connectivity index (χ0n) is 19.7. The number of halogens is 4. The van der Waals surface area contributed by atoms with Crippen LogP contribution in [0.2, 0.25) is 0 Å². The highest BCUT2D eigenvalue weighted by Gasteiger charge is 2.41. The van der Waals surface area contributed by atoms with Crippen LogP contribution in [0.1, 0.15) is 18.1 Å². The fourth-order valence-corrected chi connectivity index (χ4v) is 5.19. The van der Waals surface area contributed by atoms with E-state index in [-0.39, 0.29) is 23.1 Å². The van der Waals surface area contributed by atoms with Gasteiger partial charge in [-0.1, -0.05) is 31.2 Å². The normalized spacial score (nSPS) is 20.7. The van der Waals surface area contributed by atoms with Crippen molar-refractivity contribution in [3.63, 3.8) is 0 Å². The van der Waals surface area contributed by atoms with Crippen LogP contribution in [-0.4, -0.2) is 56.5 Å². The van der Waals surface area contributed by atoms with Crippen LogP contribution < -0.4 is 4.74 Å². The van der Waals surface area contributed by atoms with Gasteiger partial charge in [-0.3, -0.25) is 0 Å². The van der Waals surface area contributed by atoms with E-state index in [0.29, 0.717) is 13.2 Å². The van der Waals surface area contributed by atoms with Gasteiger partial charge in [-0.05, 0) is 29.8 Å². The number of rotatable bonds is 10. The molecule has 1 fully saturated rings. The number of aromatic nitrogens is 3. The van der Waals surface area contributed by atoms with E-state index in [4.69, 9.17) is 9.47 Å². The van der Waals surface area contributed by atoms with Crippen molar-refractivity contribution in [2.75, 3.05) is 13.2 Å². The first-order valence-electron chi connectivity index (χ1n) is 11.3. The Hall–Kier alpha value is -2.93. The zero-order valence-corrected chi connectivity index (χ0v) is 20.5. The van der Waals surface area contributed by atoms with Crippen LogP contribution in [0.25, 0.3) is 6.08 Å². The summed E-state index contributed by atoms with van der Waals surface area (Å²) in [7, 11) is 0. The molecule has 37 heavy (non-hydrogen) atoms. The highest BCUT2D eigenvalue weighted by Crippen LogP contribution is 2.38. The molecule has 0 aliphatic carbocycles. The second kappa shape index (κ2) is 12.1. The predicted octanol–water partition coefficient (Wildman–Crippen LogP) is 4.62. The summed E-state index contributed by atoms with van der Waals surface area (Å²) in [5.41, 5.74) is -1.03. The van der Waals surface area contributed by atoms with E-state index >= 15 is 0 Å². The molecule has 2 heterocycles. The first kappa shape index (κ1) is 27.1. The quantitative estimate of drug-likeness (QED) is 0.377. The Bertz CT molecular complexity index is 1180. The van der Waals surface area contributed by atoms with Crippen LogP contribution in [0.5, 0.6) is 5.75 Å². The predicted molar refractivity (Wildman–Crippen MR) is 129 cm³/mol. The van der Waals surface area contributed by atoms with Crippen molar-refractivity contribution in [3.8, 4) is 5.75 Å². The van der Waals surface area contributed by atoms with E-state index in [1.54, 1.807) is 31.2 Å². The van der Waals surface area contributed by atoms with Crippen LogP contribution in [-0.2, 0) is 21.6 Å². The summed E-state index contributed by atoms with van der Waals surface area (Å²) in [5.74, 6) is -1.53. The number of hydrogen-bond donors (Lipinski definition) is 1. The smallest absolute Gasteiger partial charge is 0.387 e. The highest BCUT2D eigenvalue weighted by atomic mass is 32.2. The molecule has 0 amide bonds. The summed E-state index contributed by atoms with van der Waals surface area (Å²) in [6.45, 7) is -0.623. The summed E-state index contributed by atoms with van der Waals surface area (Å²) in [6.07, 6.45) is 5.53. The molecule has 1 aliphatic heterocycles.